The quantitative estimate of drug-likeness (QED) is 0.824. The molecule has 0 aliphatic heterocycles. The summed E-state index contributed by atoms with van der Waals surface area (Å²) in [6, 6.07) is 2.25. The van der Waals surface area contributed by atoms with Crippen LogP contribution in [0.2, 0.25) is 0 Å². The molecule has 3 heteroatoms. The standard InChI is InChI=1S/C12H21N3/c1-12(2,3)15-11(9-4-5-9)8-10(14-15)6-7-13/h8-9H,4-7,13H2,1-3H3. The van der Waals surface area contributed by atoms with E-state index >= 15 is 0 Å². The average molecular weight is 207 g/mol. The molecule has 0 spiro atoms. The topological polar surface area (TPSA) is 43.8 Å². The van der Waals surface area contributed by atoms with E-state index in [1.54, 1.807) is 0 Å². The van der Waals surface area contributed by atoms with Crippen molar-refractivity contribution in [1.82, 2.24) is 9.78 Å². The molecule has 0 radical (unpaired) electrons. The molecule has 1 aliphatic rings. The Morgan fingerprint density at radius 2 is 2.13 bits per heavy atom. The van der Waals surface area contributed by atoms with E-state index in [1.165, 1.54) is 18.5 Å². The second-order valence-corrected chi connectivity index (χ2v) is 5.46. The van der Waals surface area contributed by atoms with Crippen molar-refractivity contribution in [3.63, 3.8) is 0 Å². The fourth-order valence-corrected chi connectivity index (χ4v) is 1.92. The summed E-state index contributed by atoms with van der Waals surface area (Å²) in [7, 11) is 0. The first kappa shape index (κ1) is 10.7. The molecule has 1 aromatic rings. The van der Waals surface area contributed by atoms with Crippen molar-refractivity contribution >= 4 is 0 Å². The molecule has 2 N–H and O–H groups in total. The predicted molar refractivity (Wildman–Crippen MR) is 62.0 cm³/mol. The lowest BCUT2D eigenvalue weighted by atomic mass is 10.1. The highest BCUT2D eigenvalue weighted by Gasteiger charge is 2.31. The number of hydrogen-bond acceptors (Lipinski definition) is 2. The second kappa shape index (κ2) is 3.63. The Kier molecular flexibility index (Phi) is 2.59. The molecule has 1 fully saturated rings. The molecule has 1 saturated carbocycles. The highest BCUT2D eigenvalue weighted by molar-refractivity contribution is 5.20. The van der Waals surface area contributed by atoms with Crippen molar-refractivity contribution in [1.29, 1.82) is 0 Å². The van der Waals surface area contributed by atoms with Gasteiger partial charge < -0.3 is 5.73 Å². The number of rotatable bonds is 3. The van der Waals surface area contributed by atoms with Crippen LogP contribution in [-0.2, 0) is 12.0 Å². The Balaban J connectivity index is 2.33. The number of hydrogen-bond donors (Lipinski definition) is 1. The summed E-state index contributed by atoms with van der Waals surface area (Å²) in [4.78, 5) is 0. The van der Waals surface area contributed by atoms with Crippen LogP contribution < -0.4 is 5.73 Å². The van der Waals surface area contributed by atoms with Crippen LogP contribution >= 0.6 is 0 Å². The summed E-state index contributed by atoms with van der Waals surface area (Å²) >= 11 is 0. The van der Waals surface area contributed by atoms with E-state index in [0.717, 1.165) is 18.0 Å². The Morgan fingerprint density at radius 3 is 2.60 bits per heavy atom. The Labute approximate surface area is 91.7 Å². The van der Waals surface area contributed by atoms with Gasteiger partial charge in [0.2, 0.25) is 0 Å². The Hall–Kier alpha value is -0.830. The molecule has 1 aromatic heterocycles. The van der Waals surface area contributed by atoms with Crippen LogP contribution in [0.5, 0.6) is 0 Å². The Morgan fingerprint density at radius 1 is 1.47 bits per heavy atom. The van der Waals surface area contributed by atoms with Gasteiger partial charge in [0, 0.05) is 18.0 Å². The summed E-state index contributed by atoms with van der Waals surface area (Å²) in [5, 5.41) is 4.67. The molecule has 1 heterocycles. The van der Waals surface area contributed by atoms with Gasteiger partial charge in [-0.2, -0.15) is 5.10 Å². The molecule has 2 rings (SSSR count). The van der Waals surface area contributed by atoms with Crippen molar-refractivity contribution in [2.24, 2.45) is 5.73 Å². The van der Waals surface area contributed by atoms with Gasteiger partial charge in [0.25, 0.3) is 0 Å². The maximum atomic E-state index is 5.57. The molecule has 0 saturated heterocycles. The van der Waals surface area contributed by atoms with E-state index < -0.39 is 0 Å². The summed E-state index contributed by atoms with van der Waals surface area (Å²) < 4.78 is 2.19. The molecular weight excluding hydrogens is 186 g/mol. The van der Waals surface area contributed by atoms with Crippen LogP contribution in [0.4, 0.5) is 0 Å². The van der Waals surface area contributed by atoms with E-state index in [9.17, 15) is 0 Å². The fraction of sp³-hybridized carbons (Fsp3) is 0.750. The largest absolute Gasteiger partial charge is 0.330 e. The smallest absolute Gasteiger partial charge is 0.0640 e. The minimum absolute atomic E-state index is 0.0881. The molecule has 0 bridgehead atoms. The van der Waals surface area contributed by atoms with Gasteiger partial charge in [-0.15, -0.1) is 0 Å². The van der Waals surface area contributed by atoms with Crippen molar-refractivity contribution in [3.8, 4) is 0 Å². The molecule has 0 aromatic carbocycles. The van der Waals surface area contributed by atoms with Gasteiger partial charge in [0.1, 0.15) is 0 Å². The van der Waals surface area contributed by atoms with Crippen LogP contribution in [-0.4, -0.2) is 16.3 Å². The van der Waals surface area contributed by atoms with Crippen molar-refractivity contribution in [2.45, 2.75) is 51.5 Å². The van der Waals surface area contributed by atoms with Gasteiger partial charge in [-0.3, -0.25) is 4.68 Å². The Bertz CT molecular complexity index is 342. The molecule has 0 atom stereocenters. The maximum absolute atomic E-state index is 5.57. The minimum Gasteiger partial charge on any atom is -0.330 e. The van der Waals surface area contributed by atoms with Gasteiger partial charge in [-0.05, 0) is 46.2 Å². The molecule has 1 aliphatic carbocycles. The number of aromatic nitrogens is 2. The highest BCUT2D eigenvalue weighted by atomic mass is 15.3. The molecule has 3 nitrogen and oxygen atoms in total. The third-order valence-corrected chi connectivity index (χ3v) is 2.82. The zero-order valence-corrected chi connectivity index (χ0v) is 9.95. The van der Waals surface area contributed by atoms with E-state index in [-0.39, 0.29) is 5.54 Å². The molecule has 15 heavy (non-hydrogen) atoms. The third kappa shape index (κ3) is 2.23. The second-order valence-electron chi connectivity index (χ2n) is 5.46. The summed E-state index contributed by atoms with van der Waals surface area (Å²) in [5.74, 6) is 0.753. The highest BCUT2D eigenvalue weighted by Crippen LogP contribution is 2.41. The van der Waals surface area contributed by atoms with E-state index in [2.05, 4.69) is 36.6 Å². The SMILES string of the molecule is CC(C)(C)n1nc(CCN)cc1C1CC1. The van der Waals surface area contributed by atoms with Crippen LogP contribution in [0.3, 0.4) is 0 Å². The summed E-state index contributed by atoms with van der Waals surface area (Å²) in [5.41, 5.74) is 8.22. The van der Waals surface area contributed by atoms with E-state index in [1.807, 2.05) is 0 Å². The van der Waals surface area contributed by atoms with E-state index in [4.69, 9.17) is 5.73 Å². The normalized spacial score (nSPS) is 17.1. The van der Waals surface area contributed by atoms with Gasteiger partial charge in [-0.1, -0.05) is 0 Å². The van der Waals surface area contributed by atoms with Crippen molar-refractivity contribution < 1.29 is 0 Å². The van der Waals surface area contributed by atoms with Gasteiger partial charge in [0.05, 0.1) is 11.2 Å². The molecule has 0 amide bonds. The van der Waals surface area contributed by atoms with Crippen LogP contribution in [0.15, 0.2) is 6.07 Å². The maximum Gasteiger partial charge on any atom is 0.0640 e. The average Bonchev–Trinajstić information content (AvgIpc) is 2.87. The molecular formula is C12H21N3. The zero-order valence-electron chi connectivity index (χ0n) is 9.95. The van der Waals surface area contributed by atoms with Gasteiger partial charge in [0.15, 0.2) is 0 Å². The molecule has 84 valence electrons. The lowest BCUT2D eigenvalue weighted by molar-refractivity contribution is 0.341. The van der Waals surface area contributed by atoms with E-state index in [0.29, 0.717) is 6.54 Å². The first-order chi connectivity index (χ1) is 7.02. The first-order valence-corrected chi connectivity index (χ1v) is 5.82. The summed E-state index contributed by atoms with van der Waals surface area (Å²) in [6.45, 7) is 7.31. The predicted octanol–water partition coefficient (Wildman–Crippen LogP) is 2.02. The fourth-order valence-electron chi connectivity index (χ4n) is 1.92. The van der Waals surface area contributed by atoms with Crippen molar-refractivity contribution in [3.05, 3.63) is 17.5 Å². The van der Waals surface area contributed by atoms with Gasteiger partial charge >= 0.3 is 0 Å². The third-order valence-electron chi connectivity index (χ3n) is 2.82. The van der Waals surface area contributed by atoms with Gasteiger partial charge in [-0.25, -0.2) is 0 Å². The lowest BCUT2D eigenvalue weighted by Gasteiger charge is -2.22. The number of nitrogens with two attached hydrogens (primary N) is 1. The first-order valence-electron chi connectivity index (χ1n) is 5.82. The summed E-state index contributed by atoms with van der Waals surface area (Å²) in [6.07, 6.45) is 3.54. The van der Waals surface area contributed by atoms with Crippen LogP contribution in [0, 0.1) is 0 Å². The zero-order chi connectivity index (χ0) is 11.1. The molecule has 0 unspecified atom stereocenters. The lowest BCUT2D eigenvalue weighted by Crippen LogP contribution is -2.25. The minimum atomic E-state index is 0.0881. The monoisotopic (exact) mass is 207 g/mol. The number of nitrogens with zero attached hydrogens (tertiary/aromatic N) is 2. The van der Waals surface area contributed by atoms with Crippen molar-refractivity contribution in [2.75, 3.05) is 6.54 Å². The van der Waals surface area contributed by atoms with Crippen LogP contribution in [0.1, 0.15) is 50.9 Å². The van der Waals surface area contributed by atoms with Crippen LogP contribution in [0.25, 0.3) is 0 Å².